The van der Waals surface area contributed by atoms with Crippen LogP contribution in [0.3, 0.4) is 0 Å². The molecule has 0 radical (unpaired) electrons. The maximum Gasteiger partial charge on any atom is 0.315 e. The predicted octanol–water partition coefficient (Wildman–Crippen LogP) is 3.52. The van der Waals surface area contributed by atoms with Gasteiger partial charge in [0.05, 0.1) is 12.1 Å². The molecule has 1 unspecified atom stereocenters. The van der Waals surface area contributed by atoms with Crippen molar-refractivity contribution >= 4 is 6.03 Å². The summed E-state index contributed by atoms with van der Waals surface area (Å²) in [5, 5.41) is 15.5. The summed E-state index contributed by atoms with van der Waals surface area (Å²) in [5.74, 6) is -0.305. The van der Waals surface area contributed by atoms with E-state index in [1.54, 1.807) is 12.1 Å². The molecule has 132 valence electrons. The van der Waals surface area contributed by atoms with Crippen LogP contribution in [0.2, 0.25) is 0 Å². The number of carbonyl (C=O) groups is 1. The molecule has 4 nitrogen and oxygen atoms in total. The molecule has 0 aromatic heterocycles. The molecule has 1 aliphatic rings. The quantitative estimate of drug-likeness (QED) is 0.796. The fourth-order valence-corrected chi connectivity index (χ4v) is 3.24. The van der Waals surface area contributed by atoms with Crippen molar-refractivity contribution in [1.82, 2.24) is 10.6 Å². The minimum absolute atomic E-state index is 0.0769. The highest BCUT2D eigenvalue weighted by Gasteiger charge is 2.23. The van der Waals surface area contributed by atoms with Gasteiger partial charge in [0.15, 0.2) is 0 Å². The van der Waals surface area contributed by atoms with Gasteiger partial charge in [0.1, 0.15) is 5.82 Å². The van der Waals surface area contributed by atoms with Crippen molar-refractivity contribution in [2.75, 3.05) is 0 Å². The normalized spacial score (nSPS) is 21.4. The number of rotatable bonds is 4. The van der Waals surface area contributed by atoms with E-state index in [1.165, 1.54) is 12.1 Å². The number of benzene rings is 2. The van der Waals surface area contributed by atoms with Crippen LogP contribution in [-0.4, -0.2) is 23.3 Å². The van der Waals surface area contributed by atoms with Crippen LogP contribution in [0, 0.1) is 5.82 Å². The molecular formula is C20H23FN2O2. The summed E-state index contributed by atoms with van der Waals surface area (Å²) >= 11 is 0. The van der Waals surface area contributed by atoms with Crippen LogP contribution < -0.4 is 10.6 Å². The van der Waals surface area contributed by atoms with Crippen LogP contribution in [0.5, 0.6) is 0 Å². The van der Waals surface area contributed by atoms with Crippen LogP contribution in [0.1, 0.15) is 42.9 Å². The molecule has 0 spiro atoms. The first-order chi connectivity index (χ1) is 12.1. The Hall–Kier alpha value is -2.40. The second kappa shape index (κ2) is 8.12. The molecule has 2 aromatic carbocycles. The lowest BCUT2D eigenvalue weighted by atomic mass is 9.93. The average Bonchev–Trinajstić information content (AvgIpc) is 2.63. The summed E-state index contributed by atoms with van der Waals surface area (Å²) in [6.07, 6.45) is 2.73. The fourth-order valence-electron chi connectivity index (χ4n) is 3.24. The van der Waals surface area contributed by atoms with Crippen LogP contribution in [-0.2, 0) is 0 Å². The van der Waals surface area contributed by atoms with Crippen LogP contribution in [0.4, 0.5) is 9.18 Å². The molecule has 5 heteroatoms. The van der Waals surface area contributed by atoms with Gasteiger partial charge in [-0.15, -0.1) is 0 Å². The van der Waals surface area contributed by atoms with Crippen molar-refractivity contribution in [2.45, 2.75) is 43.9 Å². The number of hydrogen-bond donors (Lipinski definition) is 3. The monoisotopic (exact) mass is 342 g/mol. The lowest BCUT2D eigenvalue weighted by Crippen LogP contribution is -2.45. The number of aliphatic hydroxyl groups is 1. The lowest BCUT2D eigenvalue weighted by molar-refractivity contribution is 0.117. The van der Waals surface area contributed by atoms with Crippen molar-refractivity contribution in [3.05, 3.63) is 71.5 Å². The first-order valence-electron chi connectivity index (χ1n) is 8.67. The van der Waals surface area contributed by atoms with Crippen molar-refractivity contribution in [3.63, 3.8) is 0 Å². The minimum Gasteiger partial charge on any atom is -0.393 e. The van der Waals surface area contributed by atoms with Crippen LogP contribution in [0.25, 0.3) is 0 Å². The topological polar surface area (TPSA) is 61.4 Å². The molecule has 0 bridgehead atoms. The van der Waals surface area contributed by atoms with E-state index in [-0.39, 0.29) is 30.0 Å². The number of amides is 2. The summed E-state index contributed by atoms with van der Waals surface area (Å²) < 4.78 is 13.2. The summed E-state index contributed by atoms with van der Waals surface area (Å²) in [4.78, 5) is 12.5. The molecule has 0 saturated heterocycles. The van der Waals surface area contributed by atoms with E-state index in [0.717, 1.165) is 24.0 Å². The van der Waals surface area contributed by atoms with Gasteiger partial charge in [0.25, 0.3) is 0 Å². The molecule has 1 atom stereocenters. The molecule has 3 N–H and O–H groups in total. The summed E-state index contributed by atoms with van der Waals surface area (Å²) in [5.41, 5.74) is 1.75. The van der Waals surface area contributed by atoms with Gasteiger partial charge in [0.2, 0.25) is 0 Å². The standard InChI is InChI=1S/C20H23FN2O2/c21-16-8-6-15(7-9-16)19(14-4-2-1-3-5-14)23-20(25)22-17-10-12-18(24)13-11-17/h1-9,17-19,24H,10-13H2,(H2,22,23,25). The first kappa shape index (κ1) is 17.4. The molecule has 1 fully saturated rings. The first-order valence-corrected chi connectivity index (χ1v) is 8.67. The second-order valence-corrected chi connectivity index (χ2v) is 6.52. The zero-order chi connectivity index (χ0) is 17.6. The summed E-state index contributed by atoms with van der Waals surface area (Å²) in [6, 6.07) is 15.2. The minimum atomic E-state index is -0.351. The number of halogens is 1. The van der Waals surface area contributed by atoms with E-state index in [9.17, 15) is 14.3 Å². The zero-order valence-corrected chi connectivity index (χ0v) is 14.0. The maximum absolute atomic E-state index is 13.2. The fraction of sp³-hybridized carbons (Fsp3) is 0.350. The van der Waals surface area contributed by atoms with Gasteiger partial charge >= 0.3 is 6.03 Å². The highest BCUT2D eigenvalue weighted by atomic mass is 19.1. The molecule has 2 amide bonds. The second-order valence-electron chi connectivity index (χ2n) is 6.52. The zero-order valence-electron chi connectivity index (χ0n) is 14.0. The van der Waals surface area contributed by atoms with Crippen LogP contribution in [0.15, 0.2) is 54.6 Å². The maximum atomic E-state index is 13.2. The van der Waals surface area contributed by atoms with Gasteiger partial charge in [-0.1, -0.05) is 42.5 Å². The average molecular weight is 342 g/mol. The molecule has 25 heavy (non-hydrogen) atoms. The SMILES string of the molecule is O=C(NC1CCC(O)CC1)NC(c1ccccc1)c1ccc(F)cc1. The largest absolute Gasteiger partial charge is 0.393 e. The smallest absolute Gasteiger partial charge is 0.315 e. The number of carbonyl (C=O) groups excluding carboxylic acids is 1. The highest BCUT2D eigenvalue weighted by Crippen LogP contribution is 2.23. The summed E-state index contributed by atoms with van der Waals surface area (Å²) in [7, 11) is 0. The lowest BCUT2D eigenvalue weighted by Gasteiger charge is -2.27. The third-order valence-corrected chi connectivity index (χ3v) is 4.64. The Morgan fingerprint density at radius 2 is 1.56 bits per heavy atom. The van der Waals surface area contributed by atoms with Crippen molar-refractivity contribution in [2.24, 2.45) is 0 Å². The molecule has 1 saturated carbocycles. The number of aliphatic hydroxyl groups excluding tert-OH is 1. The summed E-state index contributed by atoms with van der Waals surface area (Å²) in [6.45, 7) is 0. The molecule has 0 heterocycles. The van der Waals surface area contributed by atoms with Gasteiger partial charge < -0.3 is 15.7 Å². The Morgan fingerprint density at radius 1 is 0.960 bits per heavy atom. The van der Waals surface area contributed by atoms with Gasteiger partial charge in [-0.25, -0.2) is 9.18 Å². The number of hydrogen-bond acceptors (Lipinski definition) is 2. The van der Waals surface area contributed by atoms with E-state index in [0.29, 0.717) is 12.8 Å². The van der Waals surface area contributed by atoms with Gasteiger partial charge in [-0.3, -0.25) is 0 Å². The number of urea groups is 1. The van der Waals surface area contributed by atoms with E-state index >= 15 is 0 Å². The van der Waals surface area contributed by atoms with Gasteiger partial charge in [-0.2, -0.15) is 0 Å². The van der Waals surface area contributed by atoms with Gasteiger partial charge in [0, 0.05) is 6.04 Å². The number of nitrogens with one attached hydrogen (secondary N) is 2. The Kier molecular flexibility index (Phi) is 5.66. The van der Waals surface area contributed by atoms with E-state index in [1.807, 2.05) is 30.3 Å². The van der Waals surface area contributed by atoms with E-state index in [4.69, 9.17) is 0 Å². The van der Waals surface area contributed by atoms with Crippen molar-refractivity contribution < 1.29 is 14.3 Å². The van der Waals surface area contributed by atoms with E-state index < -0.39 is 0 Å². The molecule has 2 aromatic rings. The van der Waals surface area contributed by atoms with Crippen molar-refractivity contribution in [1.29, 1.82) is 0 Å². The van der Waals surface area contributed by atoms with E-state index in [2.05, 4.69) is 10.6 Å². The molecular weight excluding hydrogens is 319 g/mol. The highest BCUT2D eigenvalue weighted by molar-refractivity contribution is 5.75. The van der Waals surface area contributed by atoms with Gasteiger partial charge in [-0.05, 0) is 48.9 Å². The van der Waals surface area contributed by atoms with Crippen molar-refractivity contribution in [3.8, 4) is 0 Å². The predicted molar refractivity (Wildman–Crippen MR) is 94.6 cm³/mol. The molecule has 0 aliphatic heterocycles. The third-order valence-electron chi connectivity index (χ3n) is 4.64. The Labute approximate surface area is 147 Å². The Bertz CT molecular complexity index is 683. The Balaban J connectivity index is 1.71. The molecule has 3 rings (SSSR count). The molecule has 1 aliphatic carbocycles. The Morgan fingerprint density at radius 3 is 2.20 bits per heavy atom. The third kappa shape index (κ3) is 4.79. The van der Waals surface area contributed by atoms with Crippen LogP contribution >= 0.6 is 0 Å².